The van der Waals surface area contributed by atoms with Crippen LogP contribution in [0.2, 0.25) is 0 Å². The lowest BCUT2D eigenvalue weighted by Gasteiger charge is -2.22. The number of amides is 1. The third-order valence-corrected chi connectivity index (χ3v) is 5.30. The minimum Gasteiger partial charge on any atom is -0.345 e. The number of rotatable bonds is 7. The number of anilines is 1. The molecule has 1 heterocycles. The highest BCUT2D eigenvalue weighted by Gasteiger charge is 2.21. The maximum Gasteiger partial charge on any atom is 0.246 e. The first-order valence-electron chi connectivity index (χ1n) is 8.93. The van der Waals surface area contributed by atoms with E-state index in [1.807, 2.05) is 44.2 Å². The predicted molar refractivity (Wildman–Crippen MR) is 110 cm³/mol. The van der Waals surface area contributed by atoms with Gasteiger partial charge in [-0.2, -0.15) is 4.98 Å². The van der Waals surface area contributed by atoms with Crippen molar-refractivity contribution in [2.24, 2.45) is 0 Å². The molecule has 1 aromatic heterocycles. The molecule has 0 aliphatic rings. The molecule has 1 N–H and O–H groups in total. The van der Waals surface area contributed by atoms with Crippen molar-refractivity contribution in [3.8, 4) is 11.4 Å². The van der Waals surface area contributed by atoms with Gasteiger partial charge in [0.05, 0.1) is 18.5 Å². The quantitative estimate of drug-likeness (QED) is 0.637. The summed E-state index contributed by atoms with van der Waals surface area (Å²) in [6.07, 6.45) is 1.06. The molecule has 1 amide bonds. The Morgan fingerprint density at radius 3 is 2.45 bits per heavy atom. The first kappa shape index (κ1) is 20.5. The smallest absolute Gasteiger partial charge is 0.246 e. The van der Waals surface area contributed by atoms with Gasteiger partial charge in [-0.1, -0.05) is 41.1 Å². The van der Waals surface area contributed by atoms with Crippen molar-refractivity contribution in [1.82, 2.24) is 15.5 Å². The summed E-state index contributed by atoms with van der Waals surface area (Å²) in [5.41, 5.74) is 3.21. The van der Waals surface area contributed by atoms with Gasteiger partial charge in [0.1, 0.15) is 6.54 Å². The molecule has 3 rings (SSSR count). The lowest BCUT2D eigenvalue weighted by Crippen LogP contribution is -2.40. The van der Waals surface area contributed by atoms with Crippen LogP contribution in [0.5, 0.6) is 0 Å². The molecule has 152 valence electrons. The van der Waals surface area contributed by atoms with Crippen molar-refractivity contribution in [3.05, 3.63) is 65.5 Å². The Hall–Kier alpha value is -3.20. The molecule has 0 bridgehead atoms. The van der Waals surface area contributed by atoms with Gasteiger partial charge in [0.25, 0.3) is 0 Å². The summed E-state index contributed by atoms with van der Waals surface area (Å²) < 4.78 is 30.5. The molecule has 29 heavy (non-hydrogen) atoms. The molecule has 0 spiro atoms. The third-order valence-electron chi connectivity index (χ3n) is 4.16. The van der Waals surface area contributed by atoms with Crippen molar-refractivity contribution < 1.29 is 17.7 Å². The van der Waals surface area contributed by atoms with Crippen LogP contribution in [0.4, 0.5) is 5.69 Å². The Bertz CT molecular complexity index is 1120. The van der Waals surface area contributed by atoms with E-state index in [9.17, 15) is 13.2 Å². The standard InChI is InChI=1S/C20H22N4O4S/c1-14-6-4-8-16(10-14)20-22-19(28-23-20)12-21-18(25)13-24(29(3,26)27)17-9-5-7-15(2)11-17/h4-11H,12-13H2,1-3H3,(H,21,25). The number of hydrogen-bond donors (Lipinski definition) is 1. The number of hydrogen-bond acceptors (Lipinski definition) is 6. The topological polar surface area (TPSA) is 105 Å². The van der Waals surface area contributed by atoms with E-state index in [1.54, 1.807) is 18.2 Å². The van der Waals surface area contributed by atoms with Gasteiger partial charge in [-0.05, 0) is 37.6 Å². The largest absolute Gasteiger partial charge is 0.345 e. The first-order chi connectivity index (χ1) is 13.7. The molecule has 2 aromatic carbocycles. The second-order valence-electron chi connectivity index (χ2n) is 6.77. The van der Waals surface area contributed by atoms with Crippen LogP contribution in [-0.4, -0.2) is 37.3 Å². The highest BCUT2D eigenvalue weighted by atomic mass is 32.2. The zero-order valence-corrected chi connectivity index (χ0v) is 17.2. The van der Waals surface area contributed by atoms with Crippen molar-refractivity contribution >= 4 is 21.6 Å². The fourth-order valence-electron chi connectivity index (χ4n) is 2.77. The van der Waals surface area contributed by atoms with Crippen LogP contribution in [0.25, 0.3) is 11.4 Å². The van der Waals surface area contributed by atoms with Crippen LogP contribution in [0.15, 0.2) is 53.1 Å². The van der Waals surface area contributed by atoms with Gasteiger partial charge < -0.3 is 9.84 Å². The van der Waals surface area contributed by atoms with Crippen LogP contribution < -0.4 is 9.62 Å². The molecular formula is C20H22N4O4S. The molecule has 0 saturated carbocycles. The van der Waals surface area contributed by atoms with Crippen molar-refractivity contribution in [1.29, 1.82) is 0 Å². The SMILES string of the molecule is Cc1cccc(-c2noc(CNC(=O)CN(c3cccc(C)c3)S(C)(=O)=O)n2)c1. The third kappa shape index (κ3) is 5.41. The minimum absolute atomic E-state index is 0.00304. The van der Waals surface area contributed by atoms with Crippen molar-refractivity contribution in [2.75, 3.05) is 17.1 Å². The molecular weight excluding hydrogens is 392 g/mol. The first-order valence-corrected chi connectivity index (χ1v) is 10.8. The van der Waals surface area contributed by atoms with E-state index in [4.69, 9.17) is 4.52 Å². The Morgan fingerprint density at radius 2 is 1.79 bits per heavy atom. The lowest BCUT2D eigenvalue weighted by molar-refractivity contribution is -0.119. The molecule has 0 fully saturated rings. The number of carbonyl (C=O) groups is 1. The molecule has 0 aliphatic carbocycles. The molecule has 0 atom stereocenters. The van der Waals surface area contributed by atoms with Gasteiger partial charge in [-0.15, -0.1) is 0 Å². The van der Waals surface area contributed by atoms with Crippen LogP contribution in [0.3, 0.4) is 0 Å². The van der Waals surface area contributed by atoms with Crippen molar-refractivity contribution in [2.45, 2.75) is 20.4 Å². The molecule has 0 saturated heterocycles. The molecule has 9 heteroatoms. The van der Waals surface area contributed by atoms with Crippen LogP contribution in [-0.2, 0) is 21.4 Å². The van der Waals surface area contributed by atoms with E-state index in [2.05, 4.69) is 15.5 Å². The average molecular weight is 414 g/mol. The maximum absolute atomic E-state index is 12.3. The second-order valence-corrected chi connectivity index (χ2v) is 8.67. The van der Waals surface area contributed by atoms with Gasteiger partial charge in [0, 0.05) is 5.56 Å². The summed E-state index contributed by atoms with van der Waals surface area (Å²) >= 11 is 0. The fraction of sp³-hybridized carbons (Fsp3) is 0.250. The highest BCUT2D eigenvalue weighted by Crippen LogP contribution is 2.19. The maximum atomic E-state index is 12.3. The minimum atomic E-state index is -3.63. The van der Waals surface area contributed by atoms with Gasteiger partial charge in [-0.25, -0.2) is 8.42 Å². The normalized spacial score (nSPS) is 11.3. The monoisotopic (exact) mass is 414 g/mol. The van der Waals surface area contributed by atoms with Gasteiger partial charge in [0.15, 0.2) is 0 Å². The molecule has 0 aliphatic heterocycles. The van der Waals surface area contributed by atoms with E-state index in [0.717, 1.165) is 27.3 Å². The van der Waals surface area contributed by atoms with E-state index < -0.39 is 15.9 Å². The Balaban J connectivity index is 1.66. The van der Waals surface area contributed by atoms with Crippen LogP contribution >= 0.6 is 0 Å². The van der Waals surface area contributed by atoms with Gasteiger partial charge in [0.2, 0.25) is 27.6 Å². The number of sulfonamides is 1. The van der Waals surface area contributed by atoms with Crippen LogP contribution in [0.1, 0.15) is 17.0 Å². The fourth-order valence-corrected chi connectivity index (χ4v) is 3.62. The average Bonchev–Trinajstić information content (AvgIpc) is 3.12. The number of carbonyl (C=O) groups excluding carboxylic acids is 1. The van der Waals surface area contributed by atoms with Gasteiger partial charge in [-0.3, -0.25) is 9.10 Å². The summed E-state index contributed by atoms with van der Waals surface area (Å²) in [7, 11) is -3.63. The summed E-state index contributed by atoms with van der Waals surface area (Å²) in [4.78, 5) is 16.6. The number of aromatic nitrogens is 2. The van der Waals surface area contributed by atoms with Crippen molar-refractivity contribution in [3.63, 3.8) is 0 Å². The lowest BCUT2D eigenvalue weighted by atomic mass is 10.1. The van der Waals surface area contributed by atoms with E-state index in [1.165, 1.54) is 0 Å². The summed E-state index contributed by atoms with van der Waals surface area (Å²) in [5, 5.41) is 6.54. The number of aryl methyl sites for hydroxylation is 2. The second kappa shape index (κ2) is 8.44. The highest BCUT2D eigenvalue weighted by molar-refractivity contribution is 7.92. The molecule has 3 aromatic rings. The Labute approximate surface area is 169 Å². The number of benzene rings is 2. The molecule has 8 nitrogen and oxygen atoms in total. The summed E-state index contributed by atoms with van der Waals surface area (Å²) in [6, 6.07) is 14.6. The van der Waals surface area contributed by atoms with E-state index in [-0.39, 0.29) is 19.0 Å². The zero-order chi connectivity index (χ0) is 21.0. The van der Waals surface area contributed by atoms with Gasteiger partial charge >= 0.3 is 0 Å². The zero-order valence-electron chi connectivity index (χ0n) is 16.4. The Morgan fingerprint density at radius 1 is 1.10 bits per heavy atom. The van der Waals surface area contributed by atoms with E-state index in [0.29, 0.717) is 11.5 Å². The Kier molecular flexibility index (Phi) is 5.97. The van der Waals surface area contributed by atoms with Crippen LogP contribution in [0, 0.1) is 13.8 Å². The number of nitrogens with one attached hydrogen (secondary N) is 1. The molecule has 0 radical (unpaired) electrons. The molecule has 0 unspecified atom stereocenters. The number of nitrogens with zero attached hydrogens (tertiary/aromatic N) is 3. The predicted octanol–water partition coefficient (Wildman–Crippen LogP) is 2.44. The summed E-state index contributed by atoms with van der Waals surface area (Å²) in [6.45, 7) is 3.47. The van der Waals surface area contributed by atoms with E-state index >= 15 is 0 Å². The summed E-state index contributed by atoms with van der Waals surface area (Å²) in [5.74, 6) is 0.180.